The molecule has 162 valence electrons. The lowest BCUT2D eigenvalue weighted by Crippen LogP contribution is -2.09. The van der Waals surface area contributed by atoms with Crippen LogP contribution in [0.25, 0.3) is 0 Å². The van der Waals surface area contributed by atoms with Gasteiger partial charge in [-0.05, 0) is 66.9 Å². The van der Waals surface area contributed by atoms with Crippen LogP contribution in [0.3, 0.4) is 0 Å². The lowest BCUT2D eigenvalue weighted by atomic mass is 10.1. The van der Waals surface area contributed by atoms with E-state index in [0.29, 0.717) is 30.1 Å². The Bertz CT molecular complexity index is 782. The van der Waals surface area contributed by atoms with E-state index in [1.54, 1.807) is 48.5 Å². The van der Waals surface area contributed by atoms with Gasteiger partial charge in [0.05, 0.1) is 17.9 Å². The number of carbonyl (C=O) groups excluding carboxylic acids is 1. The maximum Gasteiger partial charge on any atom is 0.343 e. The molecule has 0 aliphatic carbocycles. The van der Waals surface area contributed by atoms with Gasteiger partial charge in [0.1, 0.15) is 11.5 Å². The zero-order valence-electron chi connectivity index (χ0n) is 18.1. The Hall–Kier alpha value is -2.82. The fourth-order valence-corrected chi connectivity index (χ4v) is 3.13. The molecule has 0 bridgehead atoms. The van der Waals surface area contributed by atoms with E-state index in [9.17, 15) is 4.79 Å². The highest BCUT2D eigenvalue weighted by Gasteiger charge is 2.10. The van der Waals surface area contributed by atoms with Crippen LogP contribution in [0.15, 0.2) is 53.7 Å². The number of ether oxygens (including phenoxy) is 2. The molecule has 0 saturated carbocycles. The number of rotatable bonds is 13. The fourth-order valence-electron chi connectivity index (χ4n) is 3.13. The summed E-state index contributed by atoms with van der Waals surface area (Å²) in [6, 6.07) is 14.0. The van der Waals surface area contributed by atoms with Crippen molar-refractivity contribution < 1.29 is 19.5 Å². The van der Waals surface area contributed by atoms with Crippen LogP contribution in [0.2, 0.25) is 0 Å². The highest BCUT2D eigenvalue weighted by Crippen LogP contribution is 2.18. The first kappa shape index (κ1) is 23.5. The highest BCUT2D eigenvalue weighted by molar-refractivity contribution is 6.00. The van der Waals surface area contributed by atoms with Gasteiger partial charge in [0.2, 0.25) is 0 Å². The average Bonchev–Trinajstić information content (AvgIpc) is 2.78. The topological polar surface area (TPSA) is 68.1 Å². The fraction of sp³-hybridized carbons (Fsp3) is 0.440. The first-order chi connectivity index (χ1) is 14.7. The van der Waals surface area contributed by atoms with E-state index in [0.717, 1.165) is 24.2 Å². The molecule has 2 rings (SSSR count). The minimum atomic E-state index is -0.421. The van der Waals surface area contributed by atoms with Crippen LogP contribution in [-0.2, 0) is 0 Å². The molecule has 0 heterocycles. The van der Waals surface area contributed by atoms with Crippen molar-refractivity contribution in [3.8, 4) is 11.5 Å². The Morgan fingerprint density at radius 1 is 0.800 bits per heavy atom. The number of nitrogens with zero attached hydrogens (tertiary/aromatic N) is 1. The van der Waals surface area contributed by atoms with Crippen LogP contribution in [0.5, 0.6) is 11.5 Å². The third kappa shape index (κ3) is 7.90. The Morgan fingerprint density at radius 2 is 1.40 bits per heavy atom. The van der Waals surface area contributed by atoms with Crippen molar-refractivity contribution in [3.63, 3.8) is 0 Å². The molecule has 5 heteroatoms. The van der Waals surface area contributed by atoms with E-state index in [1.165, 1.54) is 32.1 Å². The Kier molecular flexibility index (Phi) is 10.5. The Balaban J connectivity index is 1.80. The third-order valence-electron chi connectivity index (χ3n) is 4.86. The third-order valence-corrected chi connectivity index (χ3v) is 4.86. The molecule has 30 heavy (non-hydrogen) atoms. The quantitative estimate of drug-likeness (QED) is 0.100. The lowest BCUT2D eigenvalue weighted by Gasteiger charge is -2.08. The van der Waals surface area contributed by atoms with E-state index >= 15 is 0 Å². The normalized spacial score (nSPS) is 11.3. The zero-order chi connectivity index (χ0) is 21.6. The molecule has 0 radical (unpaired) electrons. The molecular formula is C25H33NO4. The largest absolute Gasteiger partial charge is 0.494 e. The van der Waals surface area contributed by atoms with E-state index in [2.05, 4.69) is 12.1 Å². The molecule has 5 nitrogen and oxygen atoms in total. The van der Waals surface area contributed by atoms with Crippen molar-refractivity contribution in [1.82, 2.24) is 0 Å². The molecule has 0 aromatic heterocycles. The summed E-state index contributed by atoms with van der Waals surface area (Å²) in [4.78, 5) is 12.4. The maximum atomic E-state index is 12.4. The van der Waals surface area contributed by atoms with Gasteiger partial charge >= 0.3 is 5.97 Å². The van der Waals surface area contributed by atoms with E-state index in [4.69, 9.17) is 14.7 Å². The SMILES string of the molecule is CCCCCCCCOc1ccc(C(=O)Oc2ccc(C(CCC)=NO)cc2)cc1. The second-order valence-electron chi connectivity index (χ2n) is 7.35. The molecule has 0 aliphatic rings. The van der Waals surface area contributed by atoms with Crippen LogP contribution < -0.4 is 9.47 Å². The molecule has 0 atom stereocenters. The predicted octanol–water partition coefficient (Wildman–Crippen LogP) is 6.62. The summed E-state index contributed by atoms with van der Waals surface area (Å²) in [6.45, 7) is 4.93. The maximum absolute atomic E-state index is 12.4. The summed E-state index contributed by atoms with van der Waals surface area (Å²) >= 11 is 0. The van der Waals surface area contributed by atoms with Crippen molar-refractivity contribution in [1.29, 1.82) is 0 Å². The summed E-state index contributed by atoms with van der Waals surface area (Å²) in [7, 11) is 0. The molecule has 0 aliphatic heterocycles. The van der Waals surface area contributed by atoms with Crippen molar-refractivity contribution in [2.24, 2.45) is 5.16 Å². The van der Waals surface area contributed by atoms with E-state index in [-0.39, 0.29) is 0 Å². The van der Waals surface area contributed by atoms with Gasteiger partial charge in [-0.2, -0.15) is 0 Å². The summed E-state index contributed by atoms with van der Waals surface area (Å²) in [5.74, 6) is 0.784. The second-order valence-corrected chi connectivity index (χ2v) is 7.35. The van der Waals surface area contributed by atoms with Gasteiger partial charge < -0.3 is 14.7 Å². The smallest absolute Gasteiger partial charge is 0.343 e. The van der Waals surface area contributed by atoms with Gasteiger partial charge in [0.15, 0.2) is 0 Å². The number of esters is 1. The minimum absolute atomic E-state index is 0.421. The van der Waals surface area contributed by atoms with Crippen LogP contribution in [0.1, 0.15) is 81.1 Å². The van der Waals surface area contributed by atoms with Crippen LogP contribution >= 0.6 is 0 Å². The molecule has 0 saturated heterocycles. The molecule has 2 aromatic rings. The average molecular weight is 412 g/mol. The van der Waals surface area contributed by atoms with Crippen LogP contribution in [0.4, 0.5) is 0 Å². The molecule has 2 aromatic carbocycles. The molecule has 1 N–H and O–H groups in total. The summed E-state index contributed by atoms with van der Waals surface area (Å²) in [6.07, 6.45) is 8.92. The summed E-state index contributed by atoms with van der Waals surface area (Å²) in [5, 5.41) is 12.4. The monoisotopic (exact) mass is 411 g/mol. The van der Waals surface area contributed by atoms with Crippen molar-refractivity contribution in [2.45, 2.75) is 65.2 Å². The van der Waals surface area contributed by atoms with Gasteiger partial charge in [-0.3, -0.25) is 0 Å². The first-order valence-corrected chi connectivity index (χ1v) is 10.9. The van der Waals surface area contributed by atoms with E-state index < -0.39 is 5.97 Å². The van der Waals surface area contributed by atoms with Gasteiger partial charge in [0, 0.05) is 0 Å². The number of hydrogen-bond donors (Lipinski definition) is 1. The number of unbranched alkanes of at least 4 members (excludes halogenated alkanes) is 5. The number of hydrogen-bond acceptors (Lipinski definition) is 5. The van der Waals surface area contributed by atoms with Gasteiger partial charge in [0.25, 0.3) is 0 Å². The highest BCUT2D eigenvalue weighted by atomic mass is 16.5. The first-order valence-electron chi connectivity index (χ1n) is 10.9. The summed E-state index contributed by atoms with van der Waals surface area (Å²) < 4.78 is 11.2. The molecule has 0 amide bonds. The minimum Gasteiger partial charge on any atom is -0.494 e. The lowest BCUT2D eigenvalue weighted by molar-refractivity contribution is 0.0734. The molecule has 0 fully saturated rings. The van der Waals surface area contributed by atoms with E-state index in [1.807, 2.05) is 6.92 Å². The second kappa shape index (κ2) is 13.4. The number of oxime groups is 1. The van der Waals surface area contributed by atoms with Gasteiger partial charge in [-0.25, -0.2) is 4.79 Å². The van der Waals surface area contributed by atoms with Gasteiger partial charge in [-0.1, -0.05) is 57.5 Å². The van der Waals surface area contributed by atoms with Crippen molar-refractivity contribution in [2.75, 3.05) is 6.61 Å². The number of benzene rings is 2. The standard InChI is InChI=1S/C25H33NO4/c1-3-5-6-7-8-9-19-29-22-15-13-21(14-16-22)25(27)30-23-17-11-20(12-18-23)24(26-28)10-4-2/h11-18,28H,3-10,19H2,1-2H3. The number of carbonyl (C=O) groups is 1. The van der Waals surface area contributed by atoms with Crippen molar-refractivity contribution in [3.05, 3.63) is 59.7 Å². The zero-order valence-corrected chi connectivity index (χ0v) is 18.1. The predicted molar refractivity (Wildman–Crippen MR) is 120 cm³/mol. The molecule has 0 unspecified atom stereocenters. The Morgan fingerprint density at radius 3 is 2.03 bits per heavy atom. The van der Waals surface area contributed by atoms with Gasteiger partial charge in [-0.15, -0.1) is 0 Å². The van der Waals surface area contributed by atoms with Crippen LogP contribution in [-0.4, -0.2) is 23.5 Å². The Labute approximate surface area is 179 Å². The van der Waals surface area contributed by atoms with Crippen LogP contribution in [0, 0.1) is 0 Å². The van der Waals surface area contributed by atoms with Crippen molar-refractivity contribution >= 4 is 11.7 Å². The summed E-state index contributed by atoms with van der Waals surface area (Å²) in [5.41, 5.74) is 1.90. The molecule has 0 spiro atoms. The molecular weight excluding hydrogens is 378 g/mol.